The van der Waals surface area contributed by atoms with Crippen LogP contribution in [0.4, 0.5) is 0 Å². The zero-order chi connectivity index (χ0) is 14.8. The average Bonchev–Trinajstić information content (AvgIpc) is 2.50. The van der Waals surface area contributed by atoms with Crippen LogP contribution in [0.3, 0.4) is 0 Å². The smallest absolute Gasteiger partial charge is 0.254 e. The lowest BCUT2D eigenvalue weighted by molar-refractivity contribution is 0.0727. The molecule has 2 aromatic rings. The number of carbonyl (C=O) groups is 1. The minimum Gasteiger partial charge on any atom is -0.497 e. The Hall–Kier alpha value is -1.81. The number of rotatable bonds is 3. The van der Waals surface area contributed by atoms with Gasteiger partial charge >= 0.3 is 0 Å². The second kappa shape index (κ2) is 5.90. The fraction of sp³-hybridized carbons (Fsp3) is 0.235. The Balaban J connectivity index is 1.81. The summed E-state index contributed by atoms with van der Waals surface area (Å²) in [5, 5.41) is 0. The van der Waals surface area contributed by atoms with Gasteiger partial charge in [0.05, 0.1) is 7.11 Å². The Morgan fingerprint density at radius 2 is 2.10 bits per heavy atom. The van der Waals surface area contributed by atoms with Gasteiger partial charge in [0.1, 0.15) is 5.75 Å². The molecule has 108 valence electrons. The van der Waals surface area contributed by atoms with Crippen LogP contribution in [0.15, 0.2) is 46.9 Å². The predicted octanol–water partition coefficient (Wildman–Crippen LogP) is 3.66. The fourth-order valence-electron chi connectivity index (χ4n) is 2.65. The molecule has 21 heavy (non-hydrogen) atoms. The summed E-state index contributed by atoms with van der Waals surface area (Å²) in [6, 6.07) is 13.7. The molecule has 1 aliphatic heterocycles. The zero-order valence-corrected chi connectivity index (χ0v) is 13.4. The molecule has 0 saturated heterocycles. The lowest BCUT2D eigenvalue weighted by Gasteiger charge is -2.29. The van der Waals surface area contributed by atoms with Gasteiger partial charge in [0.15, 0.2) is 0 Å². The van der Waals surface area contributed by atoms with Crippen LogP contribution in [0.2, 0.25) is 0 Å². The van der Waals surface area contributed by atoms with Gasteiger partial charge in [-0.15, -0.1) is 0 Å². The monoisotopic (exact) mass is 345 g/mol. The summed E-state index contributed by atoms with van der Waals surface area (Å²) >= 11 is 3.46. The number of ether oxygens (including phenoxy) is 1. The van der Waals surface area contributed by atoms with Crippen molar-refractivity contribution in [3.8, 4) is 5.75 Å². The minimum absolute atomic E-state index is 0.103. The van der Waals surface area contributed by atoms with Gasteiger partial charge in [0, 0.05) is 23.1 Å². The molecule has 1 amide bonds. The van der Waals surface area contributed by atoms with E-state index in [1.54, 1.807) is 7.11 Å². The number of amides is 1. The molecule has 0 bridgehead atoms. The number of fused-ring (bicyclic) bond motifs is 1. The average molecular weight is 346 g/mol. The van der Waals surface area contributed by atoms with E-state index in [1.165, 1.54) is 0 Å². The van der Waals surface area contributed by atoms with Crippen LogP contribution in [-0.4, -0.2) is 24.5 Å². The molecule has 0 N–H and O–H groups in total. The summed E-state index contributed by atoms with van der Waals surface area (Å²) in [4.78, 5) is 14.5. The first-order valence-corrected chi connectivity index (χ1v) is 7.67. The van der Waals surface area contributed by atoms with Crippen molar-refractivity contribution in [1.29, 1.82) is 0 Å². The largest absolute Gasteiger partial charge is 0.497 e. The number of nitrogens with zero attached hydrogens (tertiary/aromatic N) is 1. The summed E-state index contributed by atoms with van der Waals surface area (Å²) in [6.07, 6.45) is 0.893. The molecule has 4 heteroatoms. The van der Waals surface area contributed by atoms with Crippen molar-refractivity contribution in [2.24, 2.45) is 0 Å². The van der Waals surface area contributed by atoms with Crippen LogP contribution in [0.25, 0.3) is 0 Å². The number of benzene rings is 2. The first-order valence-electron chi connectivity index (χ1n) is 6.88. The van der Waals surface area contributed by atoms with Crippen LogP contribution in [0.5, 0.6) is 5.75 Å². The Morgan fingerprint density at radius 3 is 2.90 bits per heavy atom. The lowest BCUT2D eigenvalue weighted by atomic mass is 9.98. The quantitative estimate of drug-likeness (QED) is 0.849. The van der Waals surface area contributed by atoms with Gasteiger partial charge in [0.2, 0.25) is 0 Å². The van der Waals surface area contributed by atoms with Crippen molar-refractivity contribution in [1.82, 2.24) is 4.90 Å². The molecule has 0 aliphatic carbocycles. The SMILES string of the molecule is COc1cccc(CN2CCc3cc(Br)ccc3C2=O)c1. The molecule has 0 unspecified atom stereocenters. The molecule has 0 radical (unpaired) electrons. The van der Waals surface area contributed by atoms with Crippen LogP contribution in [0.1, 0.15) is 21.5 Å². The highest BCUT2D eigenvalue weighted by molar-refractivity contribution is 9.10. The lowest BCUT2D eigenvalue weighted by Crippen LogP contribution is -2.37. The van der Waals surface area contributed by atoms with Crippen LogP contribution >= 0.6 is 15.9 Å². The van der Waals surface area contributed by atoms with Crippen LogP contribution in [0, 0.1) is 0 Å². The van der Waals surface area contributed by atoms with E-state index in [4.69, 9.17) is 4.74 Å². The highest BCUT2D eigenvalue weighted by atomic mass is 79.9. The maximum absolute atomic E-state index is 12.6. The van der Waals surface area contributed by atoms with Crippen LogP contribution in [-0.2, 0) is 13.0 Å². The maximum atomic E-state index is 12.6. The number of hydrogen-bond acceptors (Lipinski definition) is 2. The Labute approximate surface area is 132 Å². The van der Waals surface area contributed by atoms with E-state index < -0.39 is 0 Å². The summed E-state index contributed by atoms with van der Waals surface area (Å²) < 4.78 is 6.26. The fourth-order valence-corrected chi connectivity index (χ4v) is 3.06. The molecule has 0 aromatic heterocycles. The van der Waals surface area contributed by atoms with Crippen LogP contribution < -0.4 is 4.74 Å². The van der Waals surface area contributed by atoms with Crippen molar-refractivity contribution in [2.75, 3.05) is 13.7 Å². The summed E-state index contributed by atoms with van der Waals surface area (Å²) in [7, 11) is 1.65. The van der Waals surface area contributed by atoms with Crippen molar-refractivity contribution >= 4 is 21.8 Å². The first kappa shape index (κ1) is 14.1. The molecule has 2 aromatic carbocycles. The van der Waals surface area contributed by atoms with E-state index in [2.05, 4.69) is 15.9 Å². The third-order valence-corrected chi connectivity index (χ3v) is 4.24. The summed E-state index contributed by atoms with van der Waals surface area (Å²) in [6.45, 7) is 1.37. The standard InChI is InChI=1S/C17H16BrNO2/c1-21-15-4-2-3-12(9-15)11-19-8-7-13-10-14(18)5-6-16(13)17(19)20/h2-6,9-10H,7-8,11H2,1H3. The van der Waals surface area contributed by atoms with Gasteiger partial charge in [-0.05, 0) is 47.9 Å². The zero-order valence-electron chi connectivity index (χ0n) is 11.8. The van der Waals surface area contributed by atoms with Crippen molar-refractivity contribution in [3.63, 3.8) is 0 Å². The number of halogens is 1. The van der Waals surface area contributed by atoms with Crippen molar-refractivity contribution in [3.05, 3.63) is 63.6 Å². The molecule has 1 heterocycles. The van der Waals surface area contributed by atoms with E-state index in [9.17, 15) is 4.79 Å². The molecule has 3 nitrogen and oxygen atoms in total. The predicted molar refractivity (Wildman–Crippen MR) is 85.6 cm³/mol. The number of hydrogen-bond donors (Lipinski definition) is 0. The third kappa shape index (κ3) is 2.95. The highest BCUT2D eigenvalue weighted by Gasteiger charge is 2.24. The van der Waals surface area contributed by atoms with Gasteiger partial charge in [-0.1, -0.05) is 28.1 Å². The Bertz CT molecular complexity index is 684. The first-order chi connectivity index (χ1) is 10.2. The van der Waals surface area contributed by atoms with E-state index in [-0.39, 0.29) is 5.91 Å². The second-order valence-corrected chi connectivity index (χ2v) is 6.05. The van der Waals surface area contributed by atoms with Gasteiger partial charge in [-0.2, -0.15) is 0 Å². The van der Waals surface area contributed by atoms with Gasteiger partial charge in [-0.3, -0.25) is 4.79 Å². The van der Waals surface area contributed by atoms with E-state index in [0.717, 1.165) is 39.9 Å². The van der Waals surface area contributed by atoms with E-state index >= 15 is 0 Å². The molecule has 0 fully saturated rings. The molecule has 1 aliphatic rings. The topological polar surface area (TPSA) is 29.5 Å². The molecular weight excluding hydrogens is 330 g/mol. The van der Waals surface area contributed by atoms with E-state index in [0.29, 0.717) is 6.54 Å². The second-order valence-electron chi connectivity index (χ2n) is 5.13. The molecule has 0 spiro atoms. The normalized spacial score (nSPS) is 14.0. The summed E-state index contributed by atoms with van der Waals surface area (Å²) in [5.74, 6) is 0.924. The number of methoxy groups -OCH3 is 1. The molecule has 0 saturated carbocycles. The van der Waals surface area contributed by atoms with E-state index in [1.807, 2.05) is 47.4 Å². The summed E-state index contributed by atoms with van der Waals surface area (Å²) in [5.41, 5.74) is 3.02. The Kier molecular flexibility index (Phi) is 3.97. The van der Waals surface area contributed by atoms with Gasteiger partial charge < -0.3 is 9.64 Å². The Morgan fingerprint density at radius 1 is 1.24 bits per heavy atom. The van der Waals surface area contributed by atoms with Gasteiger partial charge in [0.25, 0.3) is 5.91 Å². The molecule has 0 atom stereocenters. The number of carbonyl (C=O) groups excluding carboxylic acids is 1. The van der Waals surface area contributed by atoms with Crippen molar-refractivity contribution in [2.45, 2.75) is 13.0 Å². The third-order valence-electron chi connectivity index (χ3n) is 3.74. The minimum atomic E-state index is 0.103. The maximum Gasteiger partial charge on any atom is 0.254 e. The molecular formula is C17H16BrNO2. The van der Waals surface area contributed by atoms with Gasteiger partial charge in [-0.25, -0.2) is 0 Å². The molecule has 3 rings (SSSR count). The van der Waals surface area contributed by atoms with Crippen molar-refractivity contribution < 1.29 is 9.53 Å². The highest BCUT2D eigenvalue weighted by Crippen LogP contribution is 2.24.